The van der Waals surface area contributed by atoms with Crippen molar-refractivity contribution < 1.29 is 14.6 Å². The monoisotopic (exact) mass is 158 g/mol. The number of fused-ring (bicyclic) bond motifs is 1. The summed E-state index contributed by atoms with van der Waals surface area (Å²) < 4.78 is 4.89. The van der Waals surface area contributed by atoms with Gasteiger partial charge in [0, 0.05) is 6.54 Å². The average Bonchev–Trinajstić information content (AvgIpc) is 2.45. The molecule has 0 bridgehead atoms. The molecule has 2 heterocycles. The summed E-state index contributed by atoms with van der Waals surface area (Å²) in [5.41, 5.74) is 0. The zero-order chi connectivity index (χ0) is 7.84. The van der Waals surface area contributed by atoms with E-state index in [9.17, 15) is 4.79 Å². The summed E-state index contributed by atoms with van der Waals surface area (Å²) in [5.74, 6) is 0. The Labute approximate surface area is 63.7 Å². The zero-order valence-corrected chi connectivity index (χ0v) is 5.91. The first-order valence-electron chi connectivity index (χ1n) is 3.62. The molecule has 5 heteroatoms. The molecule has 62 valence electrons. The van der Waals surface area contributed by atoms with Crippen molar-refractivity contribution in [1.29, 1.82) is 0 Å². The van der Waals surface area contributed by atoms with Crippen molar-refractivity contribution >= 4 is 6.09 Å². The number of carbonyl (C=O) groups is 1. The van der Waals surface area contributed by atoms with Gasteiger partial charge < -0.3 is 20.5 Å². The highest BCUT2D eigenvalue weighted by Crippen LogP contribution is 2.16. The number of nitrogens with one attached hydrogen (secondary N) is 2. The molecule has 5 nitrogen and oxygen atoms in total. The number of aliphatic hydroxyl groups is 1. The van der Waals surface area contributed by atoms with Gasteiger partial charge in [-0.25, -0.2) is 4.79 Å². The Morgan fingerprint density at radius 2 is 2.55 bits per heavy atom. The number of amides is 1. The molecule has 0 aromatic rings. The van der Waals surface area contributed by atoms with E-state index in [1.807, 2.05) is 0 Å². The van der Waals surface area contributed by atoms with Crippen LogP contribution in [-0.4, -0.2) is 42.5 Å². The van der Waals surface area contributed by atoms with Crippen LogP contribution in [0.15, 0.2) is 0 Å². The third kappa shape index (κ3) is 0.965. The Bertz CT molecular complexity index is 185. The second-order valence-corrected chi connectivity index (χ2v) is 2.81. The molecule has 3 atom stereocenters. The Hall–Kier alpha value is -0.810. The lowest BCUT2D eigenvalue weighted by Gasteiger charge is -2.12. The molecule has 1 amide bonds. The van der Waals surface area contributed by atoms with Gasteiger partial charge in [0.25, 0.3) is 0 Å². The van der Waals surface area contributed by atoms with E-state index < -0.39 is 0 Å². The molecule has 2 fully saturated rings. The minimum atomic E-state index is -0.375. The lowest BCUT2D eigenvalue weighted by molar-refractivity contribution is 0.142. The quantitative estimate of drug-likeness (QED) is 0.431. The summed E-state index contributed by atoms with van der Waals surface area (Å²) in [4.78, 5) is 10.7. The molecule has 2 rings (SSSR count). The van der Waals surface area contributed by atoms with Crippen LogP contribution in [0.5, 0.6) is 0 Å². The van der Waals surface area contributed by atoms with Crippen LogP contribution in [0.25, 0.3) is 0 Å². The molecular weight excluding hydrogens is 148 g/mol. The molecule has 0 saturated carbocycles. The van der Waals surface area contributed by atoms with Gasteiger partial charge >= 0.3 is 6.09 Å². The Morgan fingerprint density at radius 1 is 1.73 bits per heavy atom. The summed E-state index contributed by atoms with van der Waals surface area (Å²) in [6.45, 7) is 0.666. The summed E-state index contributed by atoms with van der Waals surface area (Å²) >= 11 is 0. The lowest BCUT2D eigenvalue weighted by Crippen LogP contribution is -2.43. The highest BCUT2D eigenvalue weighted by atomic mass is 16.6. The Morgan fingerprint density at radius 3 is 3.27 bits per heavy atom. The second-order valence-electron chi connectivity index (χ2n) is 2.81. The van der Waals surface area contributed by atoms with Crippen LogP contribution in [0.4, 0.5) is 4.79 Å². The second kappa shape index (κ2) is 2.35. The van der Waals surface area contributed by atoms with Crippen molar-refractivity contribution in [2.75, 3.05) is 13.2 Å². The molecule has 0 aliphatic carbocycles. The van der Waals surface area contributed by atoms with E-state index in [-0.39, 0.29) is 30.9 Å². The van der Waals surface area contributed by atoms with Crippen LogP contribution in [-0.2, 0) is 4.74 Å². The van der Waals surface area contributed by atoms with Gasteiger partial charge in [-0.1, -0.05) is 0 Å². The first-order chi connectivity index (χ1) is 5.31. The molecule has 3 N–H and O–H groups in total. The van der Waals surface area contributed by atoms with Crippen molar-refractivity contribution in [1.82, 2.24) is 10.6 Å². The van der Waals surface area contributed by atoms with Gasteiger partial charge in [0.15, 0.2) is 0 Å². The molecule has 0 unspecified atom stereocenters. The topological polar surface area (TPSA) is 70.6 Å². The van der Waals surface area contributed by atoms with Gasteiger partial charge in [-0.2, -0.15) is 0 Å². The molecular formula is C6H10N2O3. The van der Waals surface area contributed by atoms with Crippen molar-refractivity contribution in [3.63, 3.8) is 0 Å². The van der Waals surface area contributed by atoms with Crippen LogP contribution >= 0.6 is 0 Å². The predicted octanol–water partition coefficient (Wildman–Crippen LogP) is -1.57. The maximum atomic E-state index is 10.7. The fourth-order valence-electron chi connectivity index (χ4n) is 1.57. The summed E-state index contributed by atoms with van der Waals surface area (Å²) in [6, 6.07) is -0.0982. The summed E-state index contributed by atoms with van der Waals surface area (Å²) in [6.07, 6.45) is -0.473. The fourth-order valence-corrected chi connectivity index (χ4v) is 1.57. The average molecular weight is 158 g/mol. The normalized spacial score (nSPS) is 41.5. The number of alkyl carbamates (subject to hydrolysis) is 1. The Kier molecular flexibility index (Phi) is 1.47. The SMILES string of the molecule is O=C1N[C@H]2[C@@H](CO)NC[C@H]2O1. The van der Waals surface area contributed by atoms with E-state index in [1.165, 1.54) is 0 Å². The molecule has 2 aliphatic rings. The minimum absolute atomic E-state index is 0.0325. The van der Waals surface area contributed by atoms with Crippen LogP contribution in [0.3, 0.4) is 0 Å². The van der Waals surface area contributed by atoms with Gasteiger partial charge in [0.05, 0.1) is 18.7 Å². The highest BCUT2D eigenvalue weighted by molar-refractivity contribution is 5.70. The van der Waals surface area contributed by atoms with Crippen LogP contribution in [0.1, 0.15) is 0 Å². The van der Waals surface area contributed by atoms with Gasteiger partial charge in [0.1, 0.15) is 6.10 Å². The number of aliphatic hydroxyl groups excluding tert-OH is 1. The third-order valence-electron chi connectivity index (χ3n) is 2.15. The molecule has 0 spiro atoms. The first kappa shape index (κ1) is 6.87. The van der Waals surface area contributed by atoms with Gasteiger partial charge in [-0.05, 0) is 0 Å². The van der Waals surface area contributed by atoms with Gasteiger partial charge in [-0.15, -0.1) is 0 Å². The number of hydrogen-bond donors (Lipinski definition) is 3. The van der Waals surface area contributed by atoms with Crippen LogP contribution in [0.2, 0.25) is 0 Å². The van der Waals surface area contributed by atoms with Crippen LogP contribution in [0, 0.1) is 0 Å². The van der Waals surface area contributed by atoms with Crippen molar-refractivity contribution in [2.24, 2.45) is 0 Å². The highest BCUT2D eigenvalue weighted by Gasteiger charge is 2.43. The van der Waals surface area contributed by atoms with E-state index >= 15 is 0 Å². The van der Waals surface area contributed by atoms with Crippen molar-refractivity contribution in [3.8, 4) is 0 Å². The summed E-state index contributed by atoms with van der Waals surface area (Å²) in [5, 5.41) is 14.5. The van der Waals surface area contributed by atoms with Gasteiger partial charge in [-0.3, -0.25) is 0 Å². The van der Waals surface area contributed by atoms with E-state index in [0.29, 0.717) is 6.54 Å². The predicted molar refractivity (Wildman–Crippen MR) is 36.1 cm³/mol. The van der Waals surface area contributed by atoms with Gasteiger partial charge in [0.2, 0.25) is 0 Å². The number of rotatable bonds is 1. The molecule has 2 saturated heterocycles. The zero-order valence-electron chi connectivity index (χ0n) is 5.91. The number of carbonyl (C=O) groups excluding carboxylic acids is 1. The van der Waals surface area contributed by atoms with Crippen molar-refractivity contribution in [3.05, 3.63) is 0 Å². The van der Waals surface area contributed by atoms with Crippen molar-refractivity contribution in [2.45, 2.75) is 18.2 Å². The fraction of sp³-hybridized carbons (Fsp3) is 0.833. The largest absolute Gasteiger partial charge is 0.443 e. The molecule has 0 aromatic heterocycles. The molecule has 11 heavy (non-hydrogen) atoms. The molecule has 0 radical (unpaired) electrons. The lowest BCUT2D eigenvalue weighted by atomic mass is 10.1. The molecule has 2 aliphatic heterocycles. The van der Waals surface area contributed by atoms with E-state index in [1.54, 1.807) is 0 Å². The molecule has 0 aromatic carbocycles. The van der Waals surface area contributed by atoms with E-state index in [0.717, 1.165) is 0 Å². The van der Waals surface area contributed by atoms with E-state index in [4.69, 9.17) is 9.84 Å². The minimum Gasteiger partial charge on any atom is -0.443 e. The number of ether oxygens (including phenoxy) is 1. The van der Waals surface area contributed by atoms with Crippen LogP contribution < -0.4 is 10.6 Å². The van der Waals surface area contributed by atoms with E-state index in [2.05, 4.69) is 10.6 Å². The standard InChI is InChI=1S/C6H10N2O3/c9-2-3-5-4(1-7-3)11-6(10)8-5/h3-5,7,9H,1-2H2,(H,8,10)/t3-,4-,5+/m1/s1. The number of hydrogen-bond acceptors (Lipinski definition) is 4. The Balaban J connectivity index is 2.07. The summed E-state index contributed by atoms with van der Waals surface area (Å²) in [7, 11) is 0. The maximum absolute atomic E-state index is 10.7. The maximum Gasteiger partial charge on any atom is 0.407 e. The smallest absolute Gasteiger partial charge is 0.407 e. The first-order valence-corrected chi connectivity index (χ1v) is 3.62. The third-order valence-corrected chi connectivity index (χ3v) is 2.15.